The van der Waals surface area contributed by atoms with Gasteiger partial charge >= 0.3 is 0 Å². The first-order valence-electron chi connectivity index (χ1n) is 7.20. The van der Waals surface area contributed by atoms with Gasteiger partial charge in [-0.05, 0) is 35.8 Å². The average molecular weight is 268 g/mol. The van der Waals surface area contributed by atoms with Crippen molar-refractivity contribution in [3.63, 3.8) is 0 Å². The van der Waals surface area contributed by atoms with Crippen molar-refractivity contribution in [2.24, 2.45) is 16.2 Å². The molecule has 0 radical (unpaired) electrons. The van der Waals surface area contributed by atoms with E-state index >= 15 is 0 Å². The lowest BCUT2D eigenvalue weighted by atomic mass is 9.69. The van der Waals surface area contributed by atoms with Crippen molar-refractivity contribution in [3.8, 4) is 0 Å². The molecule has 0 fully saturated rings. The molecule has 0 saturated heterocycles. The highest BCUT2D eigenvalue weighted by molar-refractivity contribution is 5.61. The van der Waals surface area contributed by atoms with Crippen LogP contribution in [0.3, 0.4) is 0 Å². The Morgan fingerprint density at radius 3 is 1.26 bits per heavy atom. The van der Waals surface area contributed by atoms with Crippen molar-refractivity contribution in [1.82, 2.24) is 0 Å². The SMILES string of the molecule is CC(C)(C)C1=C(C(C)(C)C(C)(C)O)C1(O)C(C)(C)C. The Kier molecular flexibility index (Phi) is 3.39. The Bertz CT molecular complexity index is 408. The highest BCUT2D eigenvalue weighted by Gasteiger charge is 2.67. The topological polar surface area (TPSA) is 40.5 Å². The Morgan fingerprint density at radius 2 is 1.11 bits per heavy atom. The second-order valence-electron chi connectivity index (χ2n) is 9.14. The van der Waals surface area contributed by atoms with Gasteiger partial charge in [0.05, 0.1) is 5.60 Å². The van der Waals surface area contributed by atoms with Crippen LogP contribution in [0.4, 0.5) is 0 Å². The normalized spacial score (nSPS) is 25.9. The number of aliphatic hydroxyl groups is 2. The quantitative estimate of drug-likeness (QED) is 0.745. The third kappa shape index (κ3) is 2.27. The van der Waals surface area contributed by atoms with Crippen LogP contribution in [-0.2, 0) is 0 Å². The lowest BCUT2D eigenvalue weighted by Gasteiger charge is -2.40. The highest BCUT2D eigenvalue weighted by atomic mass is 16.3. The molecular formula is C17H32O2. The van der Waals surface area contributed by atoms with E-state index in [2.05, 4.69) is 41.5 Å². The fraction of sp³-hybridized carbons (Fsp3) is 0.882. The van der Waals surface area contributed by atoms with Crippen molar-refractivity contribution in [2.45, 2.75) is 80.4 Å². The summed E-state index contributed by atoms with van der Waals surface area (Å²) in [5.41, 5.74) is -0.416. The number of hydrogen-bond donors (Lipinski definition) is 2. The van der Waals surface area contributed by atoms with E-state index in [1.807, 2.05) is 27.7 Å². The minimum atomic E-state index is -0.880. The third-order valence-corrected chi connectivity index (χ3v) is 4.90. The van der Waals surface area contributed by atoms with Crippen LogP contribution >= 0.6 is 0 Å². The van der Waals surface area contributed by atoms with Gasteiger partial charge in [0.1, 0.15) is 5.60 Å². The van der Waals surface area contributed by atoms with Gasteiger partial charge in [0.15, 0.2) is 0 Å². The van der Waals surface area contributed by atoms with E-state index in [9.17, 15) is 10.2 Å². The van der Waals surface area contributed by atoms with E-state index in [0.717, 1.165) is 11.1 Å². The Labute approximate surface area is 118 Å². The van der Waals surface area contributed by atoms with E-state index in [0.29, 0.717) is 0 Å². The van der Waals surface area contributed by atoms with Crippen LogP contribution in [0.15, 0.2) is 11.1 Å². The molecule has 1 rings (SSSR count). The maximum absolute atomic E-state index is 11.2. The van der Waals surface area contributed by atoms with Crippen molar-refractivity contribution < 1.29 is 10.2 Å². The van der Waals surface area contributed by atoms with Crippen LogP contribution < -0.4 is 0 Å². The molecule has 2 heteroatoms. The molecule has 0 bridgehead atoms. The molecule has 1 aliphatic carbocycles. The minimum Gasteiger partial charge on any atom is -0.390 e. The fourth-order valence-electron chi connectivity index (χ4n) is 3.01. The van der Waals surface area contributed by atoms with Crippen molar-refractivity contribution in [2.75, 3.05) is 0 Å². The zero-order chi connectivity index (χ0) is 15.7. The van der Waals surface area contributed by atoms with Gasteiger partial charge in [-0.2, -0.15) is 0 Å². The first kappa shape index (κ1) is 16.7. The van der Waals surface area contributed by atoms with E-state index in [-0.39, 0.29) is 10.8 Å². The maximum atomic E-state index is 11.2. The molecule has 0 spiro atoms. The summed E-state index contributed by atoms with van der Waals surface area (Å²) in [5, 5.41) is 21.7. The number of rotatable bonds is 2. The van der Waals surface area contributed by atoms with Crippen molar-refractivity contribution in [1.29, 1.82) is 0 Å². The van der Waals surface area contributed by atoms with Crippen LogP contribution in [0.25, 0.3) is 0 Å². The summed E-state index contributed by atoms with van der Waals surface area (Å²) in [6.07, 6.45) is 0. The van der Waals surface area contributed by atoms with Gasteiger partial charge in [-0.15, -0.1) is 0 Å². The molecule has 0 aromatic carbocycles. The molecule has 1 unspecified atom stereocenters. The fourth-order valence-corrected chi connectivity index (χ4v) is 3.01. The van der Waals surface area contributed by atoms with Crippen molar-refractivity contribution >= 4 is 0 Å². The van der Waals surface area contributed by atoms with Gasteiger partial charge in [-0.3, -0.25) is 0 Å². The van der Waals surface area contributed by atoms with Crippen LogP contribution in [0.1, 0.15) is 69.2 Å². The molecule has 2 N–H and O–H groups in total. The van der Waals surface area contributed by atoms with Crippen LogP contribution in [-0.4, -0.2) is 21.4 Å². The monoisotopic (exact) mass is 268 g/mol. The molecule has 19 heavy (non-hydrogen) atoms. The largest absolute Gasteiger partial charge is 0.390 e. The summed E-state index contributed by atoms with van der Waals surface area (Å²) >= 11 is 0. The summed E-state index contributed by atoms with van der Waals surface area (Å²) in [4.78, 5) is 0. The molecule has 1 aliphatic rings. The Hall–Kier alpha value is -0.340. The molecule has 1 atom stereocenters. The van der Waals surface area contributed by atoms with E-state index in [1.165, 1.54) is 0 Å². The highest BCUT2D eigenvalue weighted by Crippen LogP contribution is 2.68. The van der Waals surface area contributed by atoms with E-state index < -0.39 is 16.6 Å². The predicted octanol–water partition coefficient (Wildman–Crippen LogP) is 3.92. The van der Waals surface area contributed by atoms with Gasteiger partial charge in [0.2, 0.25) is 0 Å². The van der Waals surface area contributed by atoms with Gasteiger partial charge < -0.3 is 10.2 Å². The minimum absolute atomic E-state index is 0.0834. The first-order chi connectivity index (χ1) is 7.99. The van der Waals surface area contributed by atoms with Crippen LogP contribution in [0.5, 0.6) is 0 Å². The lowest BCUT2D eigenvalue weighted by molar-refractivity contribution is -0.0353. The smallest absolute Gasteiger partial charge is 0.113 e. The van der Waals surface area contributed by atoms with Crippen LogP contribution in [0, 0.1) is 16.2 Å². The molecule has 112 valence electrons. The number of hydrogen-bond acceptors (Lipinski definition) is 2. The van der Waals surface area contributed by atoms with E-state index in [4.69, 9.17) is 0 Å². The summed E-state index contributed by atoms with van der Waals surface area (Å²) in [6, 6.07) is 0. The van der Waals surface area contributed by atoms with Crippen molar-refractivity contribution in [3.05, 3.63) is 11.1 Å². The third-order valence-electron chi connectivity index (χ3n) is 4.90. The van der Waals surface area contributed by atoms with Gasteiger partial charge in [0.25, 0.3) is 0 Å². The van der Waals surface area contributed by atoms with Gasteiger partial charge in [0, 0.05) is 5.41 Å². The molecule has 0 amide bonds. The average Bonchev–Trinajstić information content (AvgIpc) is 2.70. The molecule has 0 heterocycles. The second kappa shape index (κ2) is 3.85. The zero-order valence-corrected chi connectivity index (χ0v) is 14.4. The van der Waals surface area contributed by atoms with Gasteiger partial charge in [-0.1, -0.05) is 55.4 Å². The second-order valence-corrected chi connectivity index (χ2v) is 9.14. The zero-order valence-electron chi connectivity index (χ0n) is 14.4. The molecule has 0 aromatic rings. The molecule has 2 nitrogen and oxygen atoms in total. The van der Waals surface area contributed by atoms with E-state index in [1.54, 1.807) is 0 Å². The summed E-state index contributed by atoms with van der Waals surface area (Å²) in [6.45, 7) is 20.3. The van der Waals surface area contributed by atoms with Gasteiger partial charge in [-0.25, -0.2) is 0 Å². The molecular weight excluding hydrogens is 236 g/mol. The van der Waals surface area contributed by atoms with Crippen LogP contribution in [0.2, 0.25) is 0 Å². The predicted molar refractivity (Wildman–Crippen MR) is 81.0 cm³/mol. The maximum Gasteiger partial charge on any atom is 0.113 e. The molecule has 0 saturated carbocycles. The Morgan fingerprint density at radius 1 is 0.737 bits per heavy atom. The summed E-state index contributed by atoms with van der Waals surface area (Å²) in [7, 11) is 0. The lowest BCUT2D eigenvalue weighted by Crippen LogP contribution is -2.44. The first-order valence-corrected chi connectivity index (χ1v) is 7.20. The summed E-state index contributed by atoms with van der Waals surface area (Å²) in [5.74, 6) is 0. The molecule has 0 aliphatic heterocycles. The summed E-state index contributed by atoms with van der Waals surface area (Å²) < 4.78 is 0. The molecule has 0 aromatic heterocycles. The Balaban J connectivity index is 3.43. The standard InChI is InChI=1S/C17H32O2/c1-13(2,3)11-12(15(7,8)16(9,10)18)17(11,19)14(4,5)6/h18-19H,1-10H3.